The number of nitrogens with zero attached hydrogens (tertiary/aromatic N) is 3. The second kappa shape index (κ2) is 8.23. The first-order valence-corrected chi connectivity index (χ1v) is 8.44. The number of hydrogen-bond donors (Lipinski definition) is 1. The Kier molecular flexibility index (Phi) is 6.30. The fourth-order valence-electron chi connectivity index (χ4n) is 2.75. The molecule has 1 aliphatic rings. The molecular weight excluding hydrogens is 312 g/mol. The molecule has 0 bridgehead atoms. The molecular formula is C16H26N4O4. The summed E-state index contributed by atoms with van der Waals surface area (Å²) in [4.78, 5) is 30.1. The van der Waals surface area contributed by atoms with E-state index in [0.29, 0.717) is 25.3 Å². The number of amides is 3. The van der Waals surface area contributed by atoms with E-state index in [9.17, 15) is 9.59 Å². The maximum absolute atomic E-state index is 12.6. The fourth-order valence-corrected chi connectivity index (χ4v) is 2.75. The van der Waals surface area contributed by atoms with Gasteiger partial charge in [0.15, 0.2) is 5.82 Å². The van der Waals surface area contributed by atoms with Crippen LogP contribution in [0.25, 0.3) is 0 Å². The number of carbonyl (C=O) groups is 2. The van der Waals surface area contributed by atoms with Crippen molar-refractivity contribution in [2.75, 3.05) is 13.7 Å². The zero-order valence-corrected chi connectivity index (χ0v) is 14.6. The van der Waals surface area contributed by atoms with E-state index in [1.165, 1.54) is 0 Å². The summed E-state index contributed by atoms with van der Waals surface area (Å²) < 4.78 is 10.1. The molecule has 8 nitrogen and oxygen atoms in total. The van der Waals surface area contributed by atoms with Gasteiger partial charge >= 0.3 is 6.03 Å². The van der Waals surface area contributed by atoms with Crippen molar-refractivity contribution in [1.29, 1.82) is 0 Å². The smallest absolute Gasteiger partial charge is 0.325 e. The van der Waals surface area contributed by atoms with Crippen molar-refractivity contribution in [2.45, 2.75) is 64.5 Å². The van der Waals surface area contributed by atoms with E-state index in [2.05, 4.69) is 22.4 Å². The molecule has 2 heterocycles. The van der Waals surface area contributed by atoms with Crippen LogP contribution < -0.4 is 5.32 Å². The number of hydrogen-bond acceptors (Lipinski definition) is 6. The number of imide groups is 1. The van der Waals surface area contributed by atoms with Crippen LogP contribution in [0.1, 0.15) is 57.7 Å². The van der Waals surface area contributed by atoms with Gasteiger partial charge in [0.1, 0.15) is 12.1 Å². The maximum atomic E-state index is 12.6. The normalized spacial score (nSPS) is 20.7. The minimum absolute atomic E-state index is 0.00476. The summed E-state index contributed by atoms with van der Waals surface area (Å²) in [6.45, 7) is 4.39. The summed E-state index contributed by atoms with van der Waals surface area (Å²) in [5.41, 5.74) is -0.844. The number of methoxy groups -OCH3 is 1. The molecule has 1 unspecified atom stereocenters. The largest absolute Gasteiger partial charge is 0.384 e. The SMILES string of the molecule is CCCCCCC1(C)NC(=O)N(Cc2nc(CCOC)no2)C1=O. The first-order valence-electron chi connectivity index (χ1n) is 8.44. The van der Waals surface area contributed by atoms with Crippen molar-refractivity contribution in [3.05, 3.63) is 11.7 Å². The highest BCUT2D eigenvalue weighted by atomic mass is 16.5. The van der Waals surface area contributed by atoms with Crippen LogP contribution in [0.15, 0.2) is 4.52 Å². The second-order valence-electron chi connectivity index (χ2n) is 6.31. The van der Waals surface area contributed by atoms with Crippen LogP contribution >= 0.6 is 0 Å². The number of carbonyl (C=O) groups excluding carboxylic acids is 2. The Morgan fingerprint density at radius 3 is 2.79 bits per heavy atom. The molecule has 8 heteroatoms. The van der Waals surface area contributed by atoms with Gasteiger partial charge in [-0.15, -0.1) is 0 Å². The fraction of sp³-hybridized carbons (Fsp3) is 0.750. The third-order valence-electron chi connectivity index (χ3n) is 4.21. The Hall–Kier alpha value is -1.96. The quantitative estimate of drug-likeness (QED) is 0.518. The van der Waals surface area contributed by atoms with E-state index >= 15 is 0 Å². The van der Waals surface area contributed by atoms with Gasteiger partial charge in [0, 0.05) is 13.5 Å². The highest BCUT2D eigenvalue weighted by molar-refractivity contribution is 6.06. The lowest BCUT2D eigenvalue weighted by Crippen LogP contribution is -2.43. The maximum Gasteiger partial charge on any atom is 0.325 e. The number of aromatic nitrogens is 2. The number of rotatable bonds is 10. The van der Waals surface area contributed by atoms with Crippen molar-refractivity contribution >= 4 is 11.9 Å². The summed E-state index contributed by atoms with van der Waals surface area (Å²) in [6, 6.07) is -0.408. The van der Waals surface area contributed by atoms with Gasteiger partial charge in [-0.05, 0) is 13.3 Å². The van der Waals surface area contributed by atoms with Crippen LogP contribution in [-0.2, 0) is 22.5 Å². The molecule has 0 aromatic carbocycles. The average molecular weight is 338 g/mol. The first-order chi connectivity index (χ1) is 11.5. The molecule has 1 saturated heterocycles. The lowest BCUT2D eigenvalue weighted by atomic mass is 9.94. The Morgan fingerprint density at radius 2 is 2.08 bits per heavy atom. The van der Waals surface area contributed by atoms with Gasteiger partial charge in [-0.1, -0.05) is 37.8 Å². The minimum atomic E-state index is -0.844. The van der Waals surface area contributed by atoms with E-state index in [1.54, 1.807) is 14.0 Å². The topological polar surface area (TPSA) is 97.6 Å². The second-order valence-corrected chi connectivity index (χ2v) is 6.31. The zero-order chi connectivity index (χ0) is 17.6. The standard InChI is InChI=1S/C16H26N4O4/c1-4-5-6-7-9-16(2)14(21)20(15(22)18-16)11-13-17-12(19-24-13)8-10-23-3/h4-11H2,1-3H3,(H,18,22). The Morgan fingerprint density at radius 1 is 1.29 bits per heavy atom. The Balaban J connectivity index is 1.94. The van der Waals surface area contributed by atoms with Crippen molar-refractivity contribution in [2.24, 2.45) is 0 Å². The summed E-state index contributed by atoms with van der Waals surface area (Å²) in [5.74, 6) is 0.515. The Labute approximate surface area is 141 Å². The predicted octanol–water partition coefficient (Wildman–Crippen LogP) is 2.04. The number of ether oxygens (including phenoxy) is 1. The molecule has 3 amide bonds. The zero-order valence-electron chi connectivity index (χ0n) is 14.6. The molecule has 1 fully saturated rings. The van der Waals surface area contributed by atoms with Gasteiger partial charge in [0.05, 0.1) is 6.61 Å². The summed E-state index contributed by atoms with van der Waals surface area (Å²) in [7, 11) is 1.59. The van der Waals surface area contributed by atoms with Crippen LogP contribution in [0.5, 0.6) is 0 Å². The number of nitrogens with one attached hydrogen (secondary N) is 1. The number of unbranched alkanes of at least 4 members (excludes halogenated alkanes) is 3. The number of urea groups is 1. The van der Waals surface area contributed by atoms with Gasteiger partial charge in [-0.25, -0.2) is 4.79 Å². The summed E-state index contributed by atoms with van der Waals surface area (Å²) in [6.07, 6.45) is 5.39. The molecule has 2 rings (SSSR count). The third-order valence-corrected chi connectivity index (χ3v) is 4.21. The summed E-state index contributed by atoms with van der Waals surface area (Å²) >= 11 is 0. The molecule has 0 radical (unpaired) electrons. The van der Waals surface area contributed by atoms with E-state index in [1.807, 2.05) is 0 Å². The van der Waals surface area contributed by atoms with Crippen LogP contribution in [0.4, 0.5) is 4.79 Å². The average Bonchev–Trinajstić information content (AvgIpc) is 3.09. The minimum Gasteiger partial charge on any atom is -0.384 e. The highest BCUT2D eigenvalue weighted by Gasteiger charge is 2.47. The molecule has 0 saturated carbocycles. The van der Waals surface area contributed by atoms with E-state index in [0.717, 1.165) is 30.6 Å². The molecule has 1 aromatic heterocycles. The van der Waals surface area contributed by atoms with E-state index in [4.69, 9.17) is 9.26 Å². The van der Waals surface area contributed by atoms with Crippen LogP contribution in [0.3, 0.4) is 0 Å². The van der Waals surface area contributed by atoms with Gasteiger partial charge in [0.2, 0.25) is 5.89 Å². The lowest BCUT2D eigenvalue weighted by Gasteiger charge is -2.21. The highest BCUT2D eigenvalue weighted by Crippen LogP contribution is 2.25. The van der Waals surface area contributed by atoms with Gasteiger partial charge in [0.25, 0.3) is 5.91 Å². The van der Waals surface area contributed by atoms with Crippen LogP contribution in [-0.4, -0.2) is 46.2 Å². The third kappa shape index (κ3) is 4.31. The lowest BCUT2D eigenvalue weighted by molar-refractivity contribution is -0.131. The molecule has 1 N–H and O–H groups in total. The van der Waals surface area contributed by atoms with Crippen molar-refractivity contribution < 1.29 is 18.8 Å². The van der Waals surface area contributed by atoms with Crippen LogP contribution in [0.2, 0.25) is 0 Å². The molecule has 24 heavy (non-hydrogen) atoms. The van der Waals surface area contributed by atoms with Crippen molar-refractivity contribution in [3.8, 4) is 0 Å². The molecule has 1 aliphatic heterocycles. The van der Waals surface area contributed by atoms with Crippen LogP contribution in [0, 0.1) is 0 Å². The molecule has 1 aromatic rings. The first kappa shape index (κ1) is 18.4. The van der Waals surface area contributed by atoms with Gasteiger partial charge in [-0.3, -0.25) is 9.69 Å². The van der Waals surface area contributed by atoms with E-state index in [-0.39, 0.29) is 18.3 Å². The summed E-state index contributed by atoms with van der Waals surface area (Å²) in [5, 5.41) is 6.61. The van der Waals surface area contributed by atoms with Crippen molar-refractivity contribution in [1.82, 2.24) is 20.4 Å². The molecule has 0 aliphatic carbocycles. The monoisotopic (exact) mass is 338 g/mol. The molecule has 1 atom stereocenters. The Bertz CT molecular complexity index is 574. The van der Waals surface area contributed by atoms with E-state index < -0.39 is 11.6 Å². The van der Waals surface area contributed by atoms with Gasteiger partial charge < -0.3 is 14.6 Å². The molecule has 0 spiro atoms. The van der Waals surface area contributed by atoms with Gasteiger partial charge in [-0.2, -0.15) is 4.98 Å². The predicted molar refractivity (Wildman–Crippen MR) is 86.1 cm³/mol. The molecule has 134 valence electrons. The van der Waals surface area contributed by atoms with Crippen molar-refractivity contribution in [3.63, 3.8) is 0 Å².